The highest BCUT2D eigenvalue weighted by atomic mass is 16.5. The van der Waals surface area contributed by atoms with Gasteiger partial charge in [-0.3, -0.25) is 4.79 Å². The fourth-order valence-corrected chi connectivity index (χ4v) is 1.62. The van der Waals surface area contributed by atoms with Crippen LogP contribution in [0.1, 0.15) is 60.8 Å². The van der Waals surface area contributed by atoms with Gasteiger partial charge in [0, 0.05) is 0 Å². The maximum atomic E-state index is 11.8. The van der Waals surface area contributed by atoms with E-state index in [1.54, 1.807) is 0 Å². The molecular weight excluding hydrogens is 224 g/mol. The minimum atomic E-state index is -0.0503. The number of allylic oxidation sites excluding steroid dienone is 2. The van der Waals surface area contributed by atoms with Crippen molar-refractivity contribution in [2.24, 2.45) is 17.8 Å². The average molecular weight is 254 g/mol. The van der Waals surface area contributed by atoms with Crippen LogP contribution in [-0.2, 0) is 9.53 Å². The fourth-order valence-electron chi connectivity index (χ4n) is 1.62. The predicted molar refractivity (Wildman–Crippen MR) is 77.4 cm³/mol. The van der Waals surface area contributed by atoms with Crippen molar-refractivity contribution in [3.8, 4) is 0 Å². The molecule has 2 atom stereocenters. The zero-order chi connectivity index (χ0) is 14.1. The lowest BCUT2D eigenvalue weighted by Crippen LogP contribution is -2.22. The van der Waals surface area contributed by atoms with Crippen LogP contribution in [0.3, 0.4) is 0 Å². The van der Waals surface area contributed by atoms with E-state index in [0.717, 1.165) is 19.3 Å². The molecule has 0 saturated carbocycles. The molecule has 0 aromatic rings. The molecule has 0 bridgehead atoms. The van der Waals surface area contributed by atoms with Crippen molar-refractivity contribution in [1.29, 1.82) is 0 Å². The number of hydrogen-bond donors (Lipinski definition) is 0. The monoisotopic (exact) mass is 254 g/mol. The fraction of sp³-hybridized carbons (Fsp3) is 0.812. The normalized spacial score (nSPS) is 14.2. The zero-order valence-electron chi connectivity index (χ0n) is 13.0. The SMILES string of the molecule is CC[C@H](CCC=C(C)C)COC(=O)[C@@H](C)C(C)C. The van der Waals surface area contributed by atoms with Crippen LogP contribution in [0.15, 0.2) is 11.6 Å². The standard InChI is InChI=1S/C16H30O2/c1-7-15(10-8-9-12(2)3)11-18-16(17)14(6)13(4)5/h9,13-15H,7-8,10-11H2,1-6H3/t14-,15+/m0/s1. The van der Waals surface area contributed by atoms with E-state index < -0.39 is 0 Å². The Morgan fingerprint density at radius 2 is 1.83 bits per heavy atom. The smallest absolute Gasteiger partial charge is 0.308 e. The van der Waals surface area contributed by atoms with Gasteiger partial charge < -0.3 is 4.74 Å². The van der Waals surface area contributed by atoms with E-state index in [9.17, 15) is 4.79 Å². The second-order valence-corrected chi connectivity index (χ2v) is 5.80. The number of esters is 1. The molecule has 0 aliphatic rings. The van der Waals surface area contributed by atoms with Crippen LogP contribution in [-0.4, -0.2) is 12.6 Å². The van der Waals surface area contributed by atoms with Crippen LogP contribution < -0.4 is 0 Å². The molecular formula is C16H30O2. The summed E-state index contributed by atoms with van der Waals surface area (Å²) < 4.78 is 5.42. The number of carbonyl (C=O) groups excluding carboxylic acids is 1. The lowest BCUT2D eigenvalue weighted by molar-refractivity contribution is -0.150. The van der Waals surface area contributed by atoms with Crippen molar-refractivity contribution in [3.05, 3.63) is 11.6 Å². The summed E-state index contributed by atoms with van der Waals surface area (Å²) in [6.45, 7) is 13.0. The van der Waals surface area contributed by atoms with Gasteiger partial charge in [0.1, 0.15) is 0 Å². The minimum Gasteiger partial charge on any atom is -0.465 e. The van der Waals surface area contributed by atoms with E-state index in [4.69, 9.17) is 4.74 Å². The molecule has 106 valence electrons. The third kappa shape index (κ3) is 7.52. The van der Waals surface area contributed by atoms with E-state index in [1.807, 2.05) is 6.92 Å². The maximum Gasteiger partial charge on any atom is 0.308 e. The Morgan fingerprint density at radius 3 is 2.28 bits per heavy atom. The Hall–Kier alpha value is -0.790. The summed E-state index contributed by atoms with van der Waals surface area (Å²) in [4.78, 5) is 11.8. The van der Waals surface area contributed by atoms with Gasteiger partial charge in [0.2, 0.25) is 0 Å². The summed E-state index contributed by atoms with van der Waals surface area (Å²) in [5.74, 6) is 0.790. The molecule has 0 radical (unpaired) electrons. The molecule has 0 amide bonds. The Balaban J connectivity index is 4.00. The first-order valence-corrected chi connectivity index (χ1v) is 7.18. The van der Waals surface area contributed by atoms with Crippen LogP contribution in [0, 0.1) is 17.8 Å². The summed E-state index contributed by atoms with van der Waals surface area (Å²) in [5, 5.41) is 0. The van der Waals surface area contributed by atoms with Gasteiger partial charge in [-0.2, -0.15) is 0 Å². The topological polar surface area (TPSA) is 26.3 Å². The van der Waals surface area contributed by atoms with Gasteiger partial charge in [-0.25, -0.2) is 0 Å². The van der Waals surface area contributed by atoms with Crippen molar-refractivity contribution in [2.75, 3.05) is 6.61 Å². The van der Waals surface area contributed by atoms with Crippen LogP contribution in [0.2, 0.25) is 0 Å². The van der Waals surface area contributed by atoms with Gasteiger partial charge in [-0.1, -0.05) is 45.8 Å². The van der Waals surface area contributed by atoms with E-state index in [1.165, 1.54) is 5.57 Å². The molecule has 0 aliphatic heterocycles. The summed E-state index contributed by atoms with van der Waals surface area (Å²) >= 11 is 0. The zero-order valence-corrected chi connectivity index (χ0v) is 13.0. The third-order valence-corrected chi connectivity index (χ3v) is 3.54. The molecule has 0 rings (SSSR count). The third-order valence-electron chi connectivity index (χ3n) is 3.54. The Morgan fingerprint density at radius 1 is 1.22 bits per heavy atom. The van der Waals surface area contributed by atoms with Crippen LogP contribution in [0.5, 0.6) is 0 Å². The van der Waals surface area contributed by atoms with Gasteiger partial charge in [0.05, 0.1) is 12.5 Å². The minimum absolute atomic E-state index is 0.000267. The molecule has 18 heavy (non-hydrogen) atoms. The molecule has 0 fully saturated rings. The average Bonchev–Trinajstić information content (AvgIpc) is 2.31. The molecule has 2 heteroatoms. The molecule has 0 aliphatic carbocycles. The van der Waals surface area contributed by atoms with Crippen LogP contribution >= 0.6 is 0 Å². The number of ether oxygens (including phenoxy) is 1. The molecule has 0 spiro atoms. The molecule has 0 aromatic heterocycles. The number of hydrogen-bond acceptors (Lipinski definition) is 2. The first-order valence-electron chi connectivity index (χ1n) is 7.18. The molecule has 0 saturated heterocycles. The Bertz CT molecular complexity index is 262. The summed E-state index contributed by atoms with van der Waals surface area (Å²) in [5.41, 5.74) is 1.36. The van der Waals surface area contributed by atoms with E-state index >= 15 is 0 Å². The van der Waals surface area contributed by atoms with E-state index in [0.29, 0.717) is 18.4 Å². The molecule has 0 N–H and O–H groups in total. The Kier molecular flexibility index (Phi) is 8.78. The molecule has 0 unspecified atom stereocenters. The second kappa shape index (κ2) is 9.18. The van der Waals surface area contributed by atoms with Crippen LogP contribution in [0.25, 0.3) is 0 Å². The highest BCUT2D eigenvalue weighted by molar-refractivity contribution is 5.72. The van der Waals surface area contributed by atoms with Gasteiger partial charge in [0.25, 0.3) is 0 Å². The predicted octanol–water partition coefficient (Wildman–Crippen LogP) is 4.59. The van der Waals surface area contributed by atoms with Crippen molar-refractivity contribution in [1.82, 2.24) is 0 Å². The maximum absolute atomic E-state index is 11.8. The van der Waals surface area contributed by atoms with Crippen LogP contribution in [0.4, 0.5) is 0 Å². The van der Waals surface area contributed by atoms with E-state index in [-0.39, 0.29) is 11.9 Å². The van der Waals surface area contributed by atoms with Crippen molar-refractivity contribution in [2.45, 2.75) is 60.8 Å². The largest absolute Gasteiger partial charge is 0.465 e. The second-order valence-electron chi connectivity index (χ2n) is 5.80. The lowest BCUT2D eigenvalue weighted by Gasteiger charge is -2.18. The van der Waals surface area contributed by atoms with Crippen molar-refractivity contribution in [3.63, 3.8) is 0 Å². The van der Waals surface area contributed by atoms with Crippen molar-refractivity contribution >= 4 is 5.97 Å². The Labute approximate surface area is 113 Å². The molecule has 0 heterocycles. The van der Waals surface area contributed by atoms with Gasteiger partial charge in [-0.05, 0) is 38.5 Å². The summed E-state index contributed by atoms with van der Waals surface area (Å²) in [6.07, 6.45) is 5.50. The molecule has 2 nitrogen and oxygen atoms in total. The van der Waals surface area contributed by atoms with E-state index in [2.05, 4.69) is 40.7 Å². The first-order chi connectivity index (χ1) is 8.38. The lowest BCUT2D eigenvalue weighted by atomic mass is 9.98. The highest BCUT2D eigenvalue weighted by Crippen LogP contribution is 2.16. The first kappa shape index (κ1) is 17.2. The quantitative estimate of drug-likeness (QED) is 0.467. The number of carbonyl (C=O) groups is 1. The summed E-state index contributed by atoms with van der Waals surface area (Å²) in [7, 11) is 0. The van der Waals surface area contributed by atoms with Crippen molar-refractivity contribution < 1.29 is 9.53 Å². The number of rotatable bonds is 8. The summed E-state index contributed by atoms with van der Waals surface area (Å²) in [6, 6.07) is 0. The van der Waals surface area contributed by atoms with Gasteiger partial charge in [-0.15, -0.1) is 0 Å². The van der Waals surface area contributed by atoms with Gasteiger partial charge in [0.15, 0.2) is 0 Å². The highest BCUT2D eigenvalue weighted by Gasteiger charge is 2.19. The van der Waals surface area contributed by atoms with Gasteiger partial charge >= 0.3 is 5.97 Å². The molecule has 0 aromatic carbocycles.